The summed E-state index contributed by atoms with van der Waals surface area (Å²) in [5, 5.41) is 1.81. The van der Waals surface area contributed by atoms with Crippen molar-refractivity contribution in [3.63, 3.8) is 0 Å². The first-order chi connectivity index (χ1) is 30.7. The van der Waals surface area contributed by atoms with Gasteiger partial charge in [-0.2, -0.15) is 0 Å². The van der Waals surface area contributed by atoms with Crippen molar-refractivity contribution in [2.75, 3.05) is 0 Å². The fourth-order valence-corrected chi connectivity index (χ4v) is 12.5. The van der Waals surface area contributed by atoms with E-state index >= 15 is 0 Å². The third-order valence-corrected chi connectivity index (χ3v) is 16.0. The molecule has 1 atom stereocenters. The number of ether oxygens (including phenoxy) is 1. The van der Waals surface area contributed by atoms with Gasteiger partial charge in [0.1, 0.15) is 22.5 Å². The van der Waals surface area contributed by atoms with E-state index in [1.54, 1.807) is 22.7 Å². The molecule has 4 aromatic heterocycles. The van der Waals surface area contributed by atoms with E-state index in [0.29, 0.717) is 22.6 Å². The second kappa shape index (κ2) is 15.6. The van der Waals surface area contributed by atoms with Gasteiger partial charge in [0, 0.05) is 30.5 Å². The van der Waals surface area contributed by atoms with Crippen LogP contribution in [0.1, 0.15) is 123 Å². The minimum Gasteiger partial charge on any atom is -0.487 e. The summed E-state index contributed by atoms with van der Waals surface area (Å²) in [4.78, 5) is 32.0. The van der Waals surface area contributed by atoms with Crippen molar-refractivity contribution in [2.45, 2.75) is 124 Å². The van der Waals surface area contributed by atoms with Crippen molar-refractivity contribution in [2.24, 2.45) is 5.41 Å². The minimum absolute atomic E-state index is 0.0509. The average Bonchev–Trinajstić information content (AvgIpc) is 3.93. The van der Waals surface area contributed by atoms with Crippen molar-refractivity contribution in [1.29, 1.82) is 0 Å². The molecule has 4 aromatic carbocycles. The van der Waals surface area contributed by atoms with Crippen LogP contribution in [0, 0.1) is 5.41 Å². The predicted molar refractivity (Wildman–Crippen MR) is 272 cm³/mol. The van der Waals surface area contributed by atoms with Gasteiger partial charge in [-0.1, -0.05) is 90.9 Å². The second-order valence-electron chi connectivity index (χ2n) is 22.0. The molecule has 65 heavy (non-hydrogen) atoms. The van der Waals surface area contributed by atoms with Crippen LogP contribution >= 0.6 is 22.7 Å². The smallest absolute Gasteiger partial charge is 0.344 e. The molecule has 2 aliphatic carbocycles. The highest BCUT2D eigenvalue weighted by Gasteiger charge is 2.43. The Labute approximate surface area is 390 Å². The molecule has 7 heteroatoms. The number of thiophene rings is 2. The first-order valence-corrected chi connectivity index (χ1v) is 24.7. The first kappa shape index (κ1) is 43.4. The lowest BCUT2D eigenvalue weighted by molar-refractivity contribution is 0.133. The zero-order chi connectivity index (χ0) is 45.8. The summed E-state index contributed by atoms with van der Waals surface area (Å²) in [6, 6.07) is 35.5. The fraction of sp³-hybridized carbons (Fsp3) is 0.345. The molecule has 0 amide bonds. The second-order valence-corrected chi connectivity index (χ2v) is 24.2. The van der Waals surface area contributed by atoms with Gasteiger partial charge in [0.15, 0.2) is 0 Å². The van der Waals surface area contributed by atoms with E-state index in [-0.39, 0.29) is 27.5 Å². The van der Waals surface area contributed by atoms with E-state index < -0.39 is 5.60 Å². The Hall–Kier alpha value is -5.50. The van der Waals surface area contributed by atoms with Crippen LogP contribution in [0.4, 0.5) is 0 Å². The summed E-state index contributed by atoms with van der Waals surface area (Å²) in [6.07, 6.45) is 5.50. The molecule has 0 saturated carbocycles. The standard InChI is InChI=1S/C58H58O5S2/c1-55(2,3)32-33-26-44-42(45(27-33)63-56(4,5)6)31-41(53(59)61-44)37-12-11-13-38(28-37)47-19-21-49(65-47)48-20-18-46(64-48)35-16-14-34(15-17-35)40-29-39-30-43-50-36(22-24-57(43,7)8)23-25-58(9,10)51(50)52(39)62-54(40)60/h11-21,26-31,36H,22-25,32H2,1-10H3. The molecule has 0 bridgehead atoms. The van der Waals surface area contributed by atoms with Crippen molar-refractivity contribution in [1.82, 2.24) is 0 Å². The molecular formula is C58H58O5S2. The zero-order valence-electron chi connectivity index (χ0n) is 39.3. The third-order valence-electron chi connectivity index (χ3n) is 13.5. The number of benzene rings is 4. The monoisotopic (exact) mass is 898 g/mol. The van der Waals surface area contributed by atoms with Gasteiger partial charge in [0.05, 0.1) is 16.5 Å². The van der Waals surface area contributed by atoms with E-state index in [0.717, 1.165) is 72.5 Å². The third kappa shape index (κ3) is 8.24. The molecule has 10 rings (SSSR count). The maximum absolute atomic E-state index is 13.8. The minimum atomic E-state index is -0.428. The Bertz CT molecular complexity index is 3280. The molecule has 0 saturated heterocycles. The molecular weight excluding hydrogens is 841 g/mol. The van der Waals surface area contributed by atoms with Crippen molar-refractivity contribution in [3.8, 4) is 58.6 Å². The highest BCUT2D eigenvalue weighted by molar-refractivity contribution is 7.25. The molecule has 0 aliphatic heterocycles. The maximum atomic E-state index is 13.8. The summed E-state index contributed by atoms with van der Waals surface area (Å²) in [5.41, 5.74) is 10.4. The van der Waals surface area contributed by atoms with E-state index in [9.17, 15) is 9.59 Å². The van der Waals surface area contributed by atoms with Crippen LogP contribution in [-0.2, 0) is 17.3 Å². The lowest BCUT2D eigenvalue weighted by Crippen LogP contribution is -2.35. The summed E-state index contributed by atoms with van der Waals surface area (Å²) in [5.74, 6) is 1.26. The Morgan fingerprint density at radius 1 is 0.631 bits per heavy atom. The Morgan fingerprint density at radius 2 is 1.23 bits per heavy atom. The normalized spacial score (nSPS) is 16.8. The molecule has 0 fully saturated rings. The molecule has 332 valence electrons. The SMILES string of the molecule is CC(C)(C)Cc1cc(OC(C)(C)C)c2cc(-c3cccc(-c4ccc(-c5ccc(-c6ccc(-c7cc8cc9c%10c(c8oc7=O)C(C)(C)CCC%10CCC9(C)C)cc6)s5)s4)c3)c(=O)oc2c1. The first-order valence-electron chi connectivity index (χ1n) is 23.1. The van der Waals surface area contributed by atoms with Gasteiger partial charge in [0.25, 0.3) is 0 Å². The van der Waals surface area contributed by atoms with Crippen LogP contribution in [0.15, 0.2) is 122 Å². The topological polar surface area (TPSA) is 69.7 Å². The number of fused-ring (bicyclic) bond motifs is 3. The molecule has 5 nitrogen and oxygen atoms in total. The van der Waals surface area contributed by atoms with E-state index in [2.05, 4.69) is 115 Å². The molecule has 8 aromatic rings. The van der Waals surface area contributed by atoms with Crippen LogP contribution in [0.25, 0.3) is 74.8 Å². The Morgan fingerprint density at radius 3 is 1.91 bits per heavy atom. The average molecular weight is 899 g/mol. The van der Waals surface area contributed by atoms with E-state index in [4.69, 9.17) is 13.6 Å². The Balaban J connectivity index is 0.915. The van der Waals surface area contributed by atoms with Gasteiger partial charge in [0.2, 0.25) is 0 Å². The highest BCUT2D eigenvalue weighted by atomic mass is 32.1. The molecule has 0 radical (unpaired) electrons. The number of hydrogen-bond donors (Lipinski definition) is 0. The zero-order valence-corrected chi connectivity index (χ0v) is 40.9. The molecule has 0 spiro atoms. The van der Waals surface area contributed by atoms with Crippen molar-refractivity contribution >= 4 is 44.6 Å². The number of hydrogen-bond acceptors (Lipinski definition) is 7. The quantitative estimate of drug-likeness (QED) is 0.149. The molecule has 2 aliphatic rings. The van der Waals surface area contributed by atoms with Crippen LogP contribution in [0.2, 0.25) is 0 Å². The molecule has 1 unspecified atom stereocenters. The van der Waals surface area contributed by atoms with E-state index in [1.807, 2.05) is 57.2 Å². The van der Waals surface area contributed by atoms with E-state index in [1.165, 1.54) is 45.7 Å². The molecule has 4 heterocycles. The summed E-state index contributed by atoms with van der Waals surface area (Å²) >= 11 is 3.49. The van der Waals surface area contributed by atoms with Gasteiger partial charge in [-0.15, -0.1) is 22.7 Å². The van der Waals surface area contributed by atoms with Gasteiger partial charge in [-0.05, 0) is 175 Å². The molecule has 0 N–H and O–H groups in total. The largest absolute Gasteiger partial charge is 0.487 e. The van der Waals surface area contributed by atoms with Gasteiger partial charge < -0.3 is 13.6 Å². The highest BCUT2D eigenvalue weighted by Crippen LogP contribution is 2.55. The van der Waals surface area contributed by atoms with Crippen LogP contribution in [0.3, 0.4) is 0 Å². The van der Waals surface area contributed by atoms with Gasteiger partial charge in [-0.25, -0.2) is 9.59 Å². The lowest BCUT2D eigenvalue weighted by atomic mass is 9.59. The van der Waals surface area contributed by atoms with Gasteiger partial charge >= 0.3 is 11.3 Å². The van der Waals surface area contributed by atoms with Crippen molar-refractivity contribution < 1.29 is 13.6 Å². The van der Waals surface area contributed by atoms with Gasteiger partial charge in [-0.3, -0.25) is 0 Å². The summed E-state index contributed by atoms with van der Waals surface area (Å²) < 4.78 is 18.8. The fourth-order valence-electron chi connectivity index (χ4n) is 10.4. The lowest BCUT2D eigenvalue weighted by Gasteiger charge is -2.45. The van der Waals surface area contributed by atoms with Crippen molar-refractivity contribution in [3.05, 3.63) is 146 Å². The van der Waals surface area contributed by atoms with Crippen LogP contribution in [-0.4, -0.2) is 5.60 Å². The van der Waals surface area contributed by atoms with Crippen LogP contribution in [0.5, 0.6) is 5.75 Å². The summed E-state index contributed by atoms with van der Waals surface area (Å²) in [7, 11) is 0. The van der Waals surface area contributed by atoms with Crippen LogP contribution < -0.4 is 16.0 Å². The Kier molecular flexibility index (Phi) is 10.4. The maximum Gasteiger partial charge on any atom is 0.344 e. The predicted octanol–water partition coefficient (Wildman–Crippen LogP) is 16.3. The summed E-state index contributed by atoms with van der Waals surface area (Å²) in [6.45, 7) is 22.1. The number of rotatable bonds is 7.